The number of nitrogens with zero attached hydrogens (tertiary/aromatic N) is 3. The number of likely N-dealkylation sites (tertiary alicyclic amines) is 1. The van der Waals surface area contributed by atoms with E-state index >= 15 is 0 Å². The minimum Gasteiger partial charge on any atom is -0.484 e. The van der Waals surface area contributed by atoms with Gasteiger partial charge in [-0.1, -0.05) is 12.5 Å². The Kier molecular flexibility index (Phi) is 5.66. The molecule has 0 radical (unpaired) electrons. The van der Waals surface area contributed by atoms with Gasteiger partial charge in [0.15, 0.2) is 12.5 Å². The van der Waals surface area contributed by atoms with Gasteiger partial charge in [0.2, 0.25) is 0 Å². The van der Waals surface area contributed by atoms with Crippen LogP contribution in [0.1, 0.15) is 72.1 Å². The summed E-state index contributed by atoms with van der Waals surface area (Å²) in [4.78, 5) is 33.8. The summed E-state index contributed by atoms with van der Waals surface area (Å²) in [7, 11) is 0. The Hall–Kier alpha value is -2.83. The highest BCUT2D eigenvalue weighted by Gasteiger charge is 2.30. The molecule has 2 fully saturated rings. The lowest BCUT2D eigenvalue weighted by Crippen LogP contribution is -2.38. The van der Waals surface area contributed by atoms with Crippen LogP contribution in [0.15, 0.2) is 28.7 Å². The van der Waals surface area contributed by atoms with E-state index in [9.17, 15) is 9.59 Å². The van der Waals surface area contributed by atoms with Gasteiger partial charge in [0.25, 0.3) is 11.8 Å². The van der Waals surface area contributed by atoms with Crippen LogP contribution in [0.4, 0.5) is 0 Å². The molecule has 2 aliphatic heterocycles. The van der Waals surface area contributed by atoms with Crippen LogP contribution in [-0.4, -0.2) is 52.8 Å². The Labute approximate surface area is 182 Å². The summed E-state index contributed by atoms with van der Waals surface area (Å²) in [5.74, 6) is 2.73. The molecule has 5 rings (SSSR count). The third-order valence-electron chi connectivity index (χ3n) is 6.64. The molecule has 2 amide bonds. The van der Waals surface area contributed by atoms with Crippen molar-refractivity contribution < 1.29 is 18.7 Å². The first-order chi connectivity index (χ1) is 15.2. The van der Waals surface area contributed by atoms with Gasteiger partial charge >= 0.3 is 0 Å². The van der Waals surface area contributed by atoms with E-state index in [0.717, 1.165) is 56.1 Å². The Morgan fingerprint density at radius 2 is 1.90 bits per heavy atom. The quantitative estimate of drug-likeness (QED) is 0.735. The van der Waals surface area contributed by atoms with E-state index in [-0.39, 0.29) is 18.4 Å². The van der Waals surface area contributed by atoms with Crippen LogP contribution in [0, 0.1) is 0 Å². The zero-order valence-electron chi connectivity index (χ0n) is 17.8. The fourth-order valence-corrected chi connectivity index (χ4v) is 4.50. The summed E-state index contributed by atoms with van der Waals surface area (Å²) >= 11 is 0. The molecule has 3 aliphatic rings. The zero-order chi connectivity index (χ0) is 21.2. The number of oxazole rings is 1. The van der Waals surface area contributed by atoms with Crippen LogP contribution >= 0.6 is 0 Å². The predicted octanol–water partition coefficient (Wildman–Crippen LogP) is 3.53. The maximum Gasteiger partial charge on any atom is 0.260 e. The van der Waals surface area contributed by atoms with Crippen molar-refractivity contribution in [2.75, 3.05) is 26.2 Å². The molecule has 7 heteroatoms. The van der Waals surface area contributed by atoms with E-state index in [0.29, 0.717) is 36.7 Å². The molecule has 7 nitrogen and oxygen atoms in total. The predicted molar refractivity (Wildman–Crippen MR) is 114 cm³/mol. The average molecular weight is 424 g/mol. The third kappa shape index (κ3) is 4.31. The summed E-state index contributed by atoms with van der Waals surface area (Å²) in [6.07, 6.45) is 7.53. The number of carbonyl (C=O) groups excluding carboxylic acids is 2. The van der Waals surface area contributed by atoms with Crippen molar-refractivity contribution in [3.63, 3.8) is 0 Å². The van der Waals surface area contributed by atoms with E-state index < -0.39 is 0 Å². The molecule has 0 spiro atoms. The van der Waals surface area contributed by atoms with Crippen LogP contribution in [0.5, 0.6) is 5.75 Å². The number of rotatable bonds is 5. The number of hydrogen-bond acceptors (Lipinski definition) is 5. The van der Waals surface area contributed by atoms with Crippen molar-refractivity contribution in [3.8, 4) is 5.75 Å². The minimum absolute atomic E-state index is 0.00754. The van der Waals surface area contributed by atoms with Gasteiger partial charge in [-0.3, -0.25) is 9.59 Å². The lowest BCUT2D eigenvalue weighted by molar-refractivity contribution is -0.134. The Balaban J connectivity index is 1.20. The van der Waals surface area contributed by atoms with Crippen LogP contribution in [-0.2, 0) is 17.8 Å². The molecule has 1 aromatic carbocycles. The number of ether oxygens (including phenoxy) is 1. The lowest BCUT2D eigenvalue weighted by Gasteiger charge is -2.27. The average Bonchev–Trinajstić information content (AvgIpc) is 3.19. The second-order valence-corrected chi connectivity index (χ2v) is 8.78. The first kappa shape index (κ1) is 20.1. The van der Waals surface area contributed by atoms with Gasteiger partial charge in [0.1, 0.15) is 17.2 Å². The van der Waals surface area contributed by atoms with Crippen molar-refractivity contribution in [3.05, 3.63) is 47.2 Å². The number of aromatic nitrogens is 1. The summed E-state index contributed by atoms with van der Waals surface area (Å²) < 4.78 is 11.7. The molecule has 1 aliphatic carbocycles. The second kappa shape index (κ2) is 8.73. The van der Waals surface area contributed by atoms with Crippen LogP contribution in [0.2, 0.25) is 0 Å². The summed E-state index contributed by atoms with van der Waals surface area (Å²) in [6, 6.07) is 7.11. The maximum atomic E-state index is 13.1. The van der Waals surface area contributed by atoms with E-state index in [1.54, 1.807) is 24.3 Å². The molecule has 0 atom stereocenters. The molecule has 2 aromatic rings. The summed E-state index contributed by atoms with van der Waals surface area (Å²) in [5.41, 5.74) is 1.45. The Bertz CT molecular complexity index is 959. The smallest absolute Gasteiger partial charge is 0.260 e. The van der Waals surface area contributed by atoms with E-state index in [1.807, 2.05) is 9.80 Å². The molecule has 0 unspecified atom stereocenters. The molecule has 1 aromatic heterocycles. The van der Waals surface area contributed by atoms with Crippen molar-refractivity contribution >= 4 is 11.8 Å². The molecule has 1 saturated carbocycles. The molecule has 31 heavy (non-hydrogen) atoms. The fraction of sp³-hybridized carbons (Fsp3) is 0.542. The van der Waals surface area contributed by atoms with E-state index in [2.05, 4.69) is 4.98 Å². The summed E-state index contributed by atoms with van der Waals surface area (Å²) in [5, 5.41) is 0. The van der Waals surface area contributed by atoms with E-state index in [4.69, 9.17) is 9.15 Å². The third-order valence-corrected chi connectivity index (χ3v) is 6.64. The number of hydrogen-bond donors (Lipinski definition) is 0. The topological polar surface area (TPSA) is 75.9 Å². The summed E-state index contributed by atoms with van der Waals surface area (Å²) in [6.45, 7) is 2.71. The van der Waals surface area contributed by atoms with Crippen molar-refractivity contribution in [2.24, 2.45) is 0 Å². The standard InChI is InChI=1S/C24H29N3O4/c28-22(26-11-2-1-3-12-26)16-30-19-9-5-8-18(14-19)24(29)27-13-10-21-20(15-27)25-23(31-21)17-6-4-7-17/h5,8-9,14,17H,1-4,6-7,10-13,15-16H2. The first-order valence-corrected chi connectivity index (χ1v) is 11.5. The molecule has 3 heterocycles. The second-order valence-electron chi connectivity index (χ2n) is 8.78. The van der Waals surface area contributed by atoms with Gasteiger partial charge in [-0.05, 0) is 50.3 Å². The highest BCUT2D eigenvalue weighted by atomic mass is 16.5. The van der Waals surface area contributed by atoms with Crippen LogP contribution < -0.4 is 4.74 Å². The first-order valence-electron chi connectivity index (χ1n) is 11.5. The molecule has 0 N–H and O–H groups in total. The Morgan fingerprint density at radius 1 is 1.06 bits per heavy atom. The minimum atomic E-state index is -0.0494. The largest absolute Gasteiger partial charge is 0.484 e. The molecule has 164 valence electrons. The van der Waals surface area contributed by atoms with Gasteiger partial charge < -0.3 is 19.0 Å². The zero-order valence-corrected chi connectivity index (χ0v) is 17.8. The van der Waals surface area contributed by atoms with Crippen LogP contribution in [0.3, 0.4) is 0 Å². The van der Waals surface area contributed by atoms with E-state index in [1.165, 1.54) is 12.8 Å². The maximum absolute atomic E-state index is 13.1. The van der Waals surface area contributed by atoms with Gasteiger partial charge in [0.05, 0.1) is 6.54 Å². The monoisotopic (exact) mass is 423 g/mol. The molecule has 0 bridgehead atoms. The normalized spacial score (nSPS) is 19.0. The number of piperidine rings is 1. The van der Waals surface area contributed by atoms with Crippen molar-refractivity contribution in [2.45, 2.75) is 57.4 Å². The highest BCUT2D eigenvalue weighted by Crippen LogP contribution is 2.37. The van der Waals surface area contributed by atoms with Gasteiger partial charge in [-0.2, -0.15) is 0 Å². The highest BCUT2D eigenvalue weighted by molar-refractivity contribution is 5.94. The van der Waals surface area contributed by atoms with Gasteiger partial charge in [0, 0.05) is 37.5 Å². The molecular formula is C24H29N3O4. The lowest BCUT2D eigenvalue weighted by atomic mass is 9.85. The molecular weight excluding hydrogens is 394 g/mol. The number of carbonyl (C=O) groups is 2. The van der Waals surface area contributed by atoms with Crippen molar-refractivity contribution in [1.82, 2.24) is 14.8 Å². The fourth-order valence-electron chi connectivity index (χ4n) is 4.50. The van der Waals surface area contributed by atoms with Gasteiger partial charge in [-0.25, -0.2) is 4.98 Å². The Morgan fingerprint density at radius 3 is 2.68 bits per heavy atom. The molecule has 1 saturated heterocycles. The SMILES string of the molecule is O=C(COc1cccc(C(=O)N2CCc3oc(C4CCC4)nc3C2)c1)N1CCCCC1. The van der Waals surface area contributed by atoms with Crippen LogP contribution in [0.25, 0.3) is 0 Å². The van der Waals surface area contributed by atoms with Gasteiger partial charge in [-0.15, -0.1) is 0 Å². The number of fused-ring (bicyclic) bond motifs is 1. The number of benzene rings is 1. The van der Waals surface area contributed by atoms with Crippen molar-refractivity contribution in [1.29, 1.82) is 0 Å². The number of amides is 2.